The molecule has 0 radical (unpaired) electrons. The van der Waals surface area contributed by atoms with Gasteiger partial charge in [0.25, 0.3) is 16.8 Å². The van der Waals surface area contributed by atoms with Crippen molar-refractivity contribution in [1.82, 2.24) is 4.90 Å². The van der Waals surface area contributed by atoms with Crippen LogP contribution in [0.3, 0.4) is 0 Å². The van der Waals surface area contributed by atoms with Gasteiger partial charge in [-0.25, -0.2) is 0 Å². The number of carbonyl (C=O) groups excluding carboxylic acids is 2. The first kappa shape index (κ1) is 23.4. The summed E-state index contributed by atoms with van der Waals surface area (Å²) in [5, 5.41) is 12.3. The average Bonchev–Trinajstić information content (AvgIpc) is 3.05. The van der Waals surface area contributed by atoms with Crippen molar-refractivity contribution in [3.8, 4) is 0 Å². The molecule has 0 atom stereocenters. The zero-order valence-electron chi connectivity index (χ0n) is 16.7. The summed E-state index contributed by atoms with van der Waals surface area (Å²) < 4.78 is 0. The maximum atomic E-state index is 12.8. The minimum atomic E-state index is -0.473. The van der Waals surface area contributed by atoms with Gasteiger partial charge < -0.3 is 0 Å². The van der Waals surface area contributed by atoms with E-state index in [4.69, 9.17) is 23.2 Å². The van der Waals surface area contributed by atoms with Crippen LogP contribution in [0, 0.1) is 10.1 Å². The molecule has 0 spiro atoms. The fourth-order valence-corrected chi connectivity index (χ4v) is 5.13. The molecule has 6 nitrogen and oxygen atoms in total. The van der Waals surface area contributed by atoms with Gasteiger partial charge in [-0.2, -0.15) is 0 Å². The SMILES string of the molecule is O=C1S/C(=C\c2ccc(Sc3ccc(Cl)cc3)c([N+](=O)[O-])c2)C(=O)N1Cc1ccccc1Cl. The second kappa shape index (κ2) is 10.0. The molecule has 3 aromatic carbocycles. The Morgan fingerprint density at radius 1 is 1.03 bits per heavy atom. The lowest BCUT2D eigenvalue weighted by Crippen LogP contribution is -2.27. The van der Waals surface area contributed by atoms with Crippen LogP contribution in [0.15, 0.2) is 81.4 Å². The molecular weight excluding hydrogens is 503 g/mol. The van der Waals surface area contributed by atoms with Gasteiger partial charge >= 0.3 is 0 Å². The second-order valence-electron chi connectivity index (χ2n) is 6.90. The van der Waals surface area contributed by atoms with Crippen molar-refractivity contribution in [2.75, 3.05) is 0 Å². The van der Waals surface area contributed by atoms with Crippen LogP contribution in [0.25, 0.3) is 6.08 Å². The standard InChI is InChI=1S/C23H14Cl2N2O4S2/c24-16-6-8-17(9-7-16)32-20-10-5-14(11-19(20)27(30)31)12-21-22(28)26(23(29)33-21)13-15-3-1-2-4-18(15)25/h1-12H,13H2/b21-12-. The molecule has 1 saturated heterocycles. The highest BCUT2D eigenvalue weighted by atomic mass is 35.5. The monoisotopic (exact) mass is 516 g/mol. The second-order valence-corrected chi connectivity index (χ2v) is 9.85. The number of amides is 2. The minimum Gasteiger partial charge on any atom is -0.268 e. The van der Waals surface area contributed by atoms with Gasteiger partial charge in [0.2, 0.25) is 0 Å². The average molecular weight is 517 g/mol. The molecular formula is C23H14Cl2N2O4S2. The van der Waals surface area contributed by atoms with Crippen LogP contribution in [-0.2, 0) is 11.3 Å². The highest BCUT2D eigenvalue weighted by molar-refractivity contribution is 8.18. The van der Waals surface area contributed by atoms with E-state index in [1.54, 1.807) is 60.7 Å². The van der Waals surface area contributed by atoms with E-state index < -0.39 is 16.1 Å². The maximum Gasteiger partial charge on any atom is 0.293 e. The van der Waals surface area contributed by atoms with E-state index in [1.807, 2.05) is 0 Å². The molecule has 10 heteroatoms. The lowest BCUT2D eigenvalue weighted by Gasteiger charge is -2.13. The van der Waals surface area contributed by atoms with Crippen LogP contribution < -0.4 is 0 Å². The van der Waals surface area contributed by atoms with Crippen LogP contribution in [0.5, 0.6) is 0 Å². The van der Waals surface area contributed by atoms with Gasteiger partial charge in [-0.1, -0.05) is 59.2 Å². The fraction of sp³-hybridized carbons (Fsp3) is 0.0435. The van der Waals surface area contributed by atoms with Crippen molar-refractivity contribution >= 4 is 69.6 Å². The Labute approximate surface area is 207 Å². The number of nitro groups is 1. The molecule has 4 rings (SSSR count). The van der Waals surface area contributed by atoms with Crippen molar-refractivity contribution in [1.29, 1.82) is 0 Å². The summed E-state index contributed by atoms with van der Waals surface area (Å²) in [6.45, 7) is 0.0541. The van der Waals surface area contributed by atoms with Crippen LogP contribution in [-0.4, -0.2) is 21.0 Å². The van der Waals surface area contributed by atoms with Gasteiger partial charge in [0, 0.05) is 21.0 Å². The van der Waals surface area contributed by atoms with Gasteiger partial charge in [0.15, 0.2) is 0 Å². The van der Waals surface area contributed by atoms with E-state index in [2.05, 4.69) is 0 Å². The topological polar surface area (TPSA) is 80.5 Å². The number of nitrogens with zero attached hydrogens (tertiary/aromatic N) is 2. The Morgan fingerprint density at radius 2 is 1.76 bits per heavy atom. The predicted molar refractivity (Wildman–Crippen MR) is 132 cm³/mol. The zero-order valence-corrected chi connectivity index (χ0v) is 19.9. The smallest absolute Gasteiger partial charge is 0.268 e. The normalized spacial score (nSPS) is 14.8. The number of halogens is 2. The summed E-state index contributed by atoms with van der Waals surface area (Å²) in [5.41, 5.74) is 1.01. The molecule has 1 aliphatic rings. The van der Waals surface area contributed by atoms with Gasteiger partial charge in [-0.05, 0) is 65.4 Å². The fourth-order valence-electron chi connectivity index (χ4n) is 3.07. The van der Waals surface area contributed by atoms with Crippen molar-refractivity contribution < 1.29 is 14.5 Å². The first-order chi connectivity index (χ1) is 15.8. The summed E-state index contributed by atoms with van der Waals surface area (Å²) in [4.78, 5) is 39.0. The summed E-state index contributed by atoms with van der Waals surface area (Å²) in [5.74, 6) is -0.466. The van der Waals surface area contributed by atoms with Crippen molar-refractivity contribution in [3.05, 3.63) is 103 Å². The van der Waals surface area contributed by atoms with E-state index in [9.17, 15) is 19.7 Å². The number of hydrogen-bond donors (Lipinski definition) is 0. The number of benzene rings is 3. The molecule has 1 fully saturated rings. The number of carbonyl (C=O) groups is 2. The minimum absolute atomic E-state index is 0.0541. The highest BCUT2D eigenvalue weighted by Crippen LogP contribution is 2.38. The van der Waals surface area contributed by atoms with E-state index in [1.165, 1.54) is 23.9 Å². The summed E-state index contributed by atoms with van der Waals surface area (Å²) in [6, 6.07) is 18.6. The first-order valence-electron chi connectivity index (χ1n) is 9.52. The summed E-state index contributed by atoms with van der Waals surface area (Å²) in [6.07, 6.45) is 1.49. The van der Waals surface area contributed by atoms with Gasteiger partial charge in [0.05, 0.1) is 21.3 Å². The molecule has 0 aromatic heterocycles. The molecule has 1 heterocycles. The first-order valence-corrected chi connectivity index (χ1v) is 11.9. The van der Waals surface area contributed by atoms with E-state index in [0.29, 0.717) is 26.1 Å². The Hall–Kier alpha value is -2.78. The van der Waals surface area contributed by atoms with Gasteiger partial charge in [0.1, 0.15) is 0 Å². The number of rotatable bonds is 6. The Morgan fingerprint density at radius 3 is 2.45 bits per heavy atom. The molecule has 3 aromatic rings. The van der Waals surface area contributed by atoms with E-state index in [-0.39, 0.29) is 17.1 Å². The van der Waals surface area contributed by atoms with Gasteiger partial charge in [-0.15, -0.1) is 0 Å². The Balaban J connectivity index is 1.58. The summed E-state index contributed by atoms with van der Waals surface area (Å²) in [7, 11) is 0. The third-order valence-corrected chi connectivity index (χ3v) is 7.28. The molecule has 0 bridgehead atoms. The molecule has 0 N–H and O–H groups in total. The van der Waals surface area contributed by atoms with E-state index >= 15 is 0 Å². The lowest BCUT2D eigenvalue weighted by molar-refractivity contribution is -0.387. The number of imide groups is 1. The van der Waals surface area contributed by atoms with Crippen LogP contribution in [0.2, 0.25) is 10.0 Å². The molecule has 166 valence electrons. The quantitative estimate of drug-likeness (QED) is 0.194. The molecule has 33 heavy (non-hydrogen) atoms. The molecule has 0 saturated carbocycles. The number of thioether (sulfide) groups is 1. The number of nitro benzene ring substituents is 1. The van der Waals surface area contributed by atoms with Gasteiger partial charge in [-0.3, -0.25) is 24.6 Å². The lowest BCUT2D eigenvalue weighted by atomic mass is 10.1. The third kappa shape index (κ3) is 5.42. The summed E-state index contributed by atoms with van der Waals surface area (Å²) >= 11 is 14.1. The third-order valence-electron chi connectivity index (χ3n) is 4.68. The largest absolute Gasteiger partial charge is 0.293 e. The Bertz CT molecular complexity index is 1300. The van der Waals surface area contributed by atoms with E-state index in [0.717, 1.165) is 21.6 Å². The molecule has 0 aliphatic carbocycles. The van der Waals surface area contributed by atoms with Crippen molar-refractivity contribution in [2.45, 2.75) is 16.3 Å². The Kier molecular flexibility index (Phi) is 7.09. The molecule has 2 amide bonds. The van der Waals surface area contributed by atoms with Crippen molar-refractivity contribution in [3.63, 3.8) is 0 Å². The molecule has 0 unspecified atom stereocenters. The number of hydrogen-bond acceptors (Lipinski definition) is 6. The maximum absolute atomic E-state index is 12.8. The van der Waals surface area contributed by atoms with Crippen LogP contribution >= 0.6 is 46.7 Å². The molecule has 1 aliphatic heterocycles. The zero-order chi connectivity index (χ0) is 23.5. The predicted octanol–water partition coefficient (Wildman–Crippen LogP) is 7.29. The van der Waals surface area contributed by atoms with Crippen LogP contribution in [0.4, 0.5) is 10.5 Å². The van der Waals surface area contributed by atoms with Crippen molar-refractivity contribution in [2.24, 2.45) is 0 Å². The highest BCUT2D eigenvalue weighted by Gasteiger charge is 2.35. The van der Waals surface area contributed by atoms with Crippen LogP contribution in [0.1, 0.15) is 11.1 Å².